The van der Waals surface area contributed by atoms with Crippen LogP contribution in [0.2, 0.25) is 0 Å². The van der Waals surface area contributed by atoms with E-state index >= 15 is 0 Å². The minimum atomic E-state index is 0.0939. The van der Waals surface area contributed by atoms with Crippen LogP contribution in [0.1, 0.15) is 29.2 Å². The number of benzene rings is 2. The summed E-state index contributed by atoms with van der Waals surface area (Å²) in [6, 6.07) is 16.6. The molecule has 1 unspecified atom stereocenters. The van der Waals surface area contributed by atoms with Crippen molar-refractivity contribution in [3.05, 3.63) is 65.2 Å². The number of rotatable bonds is 5. The molecule has 0 fully saturated rings. The number of methoxy groups -OCH3 is 1. The summed E-state index contributed by atoms with van der Waals surface area (Å²) < 4.78 is 5.34. The van der Waals surface area contributed by atoms with Crippen molar-refractivity contribution < 1.29 is 9.53 Å². The molecule has 1 aliphatic rings. The third kappa shape index (κ3) is 3.44. The monoisotopic (exact) mass is 324 g/mol. The van der Waals surface area contributed by atoms with E-state index in [0.717, 1.165) is 12.2 Å². The third-order valence-electron chi connectivity index (χ3n) is 4.64. The van der Waals surface area contributed by atoms with Crippen molar-refractivity contribution in [3.8, 4) is 5.75 Å². The van der Waals surface area contributed by atoms with E-state index < -0.39 is 0 Å². The smallest absolute Gasteiger partial charge is 0.224 e. The molecule has 2 aromatic rings. The van der Waals surface area contributed by atoms with Crippen LogP contribution >= 0.6 is 0 Å². The molecule has 24 heavy (non-hydrogen) atoms. The Balaban J connectivity index is 1.93. The van der Waals surface area contributed by atoms with Crippen LogP contribution in [-0.4, -0.2) is 31.5 Å². The average molecular weight is 324 g/mol. The lowest BCUT2D eigenvalue weighted by Gasteiger charge is -2.37. The van der Waals surface area contributed by atoms with Crippen LogP contribution in [0.4, 0.5) is 0 Å². The molecule has 4 heteroatoms. The highest BCUT2D eigenvalue weighted by atomic mass is 16.5. The second-order valence-corrected chi connectivity index (χ2v) is 6.14. The summed E-state index contributed by atoms with van der Waals surface area (Å²) in [5.41, 5.74) is 3.67. The molecule has 0 saturated carbocycles. The summed E-state index contributed by atoms with van der Waals surface area (Å²) >= 11 is 0. The molecule has 4 nitrogen and oxygen atoms in total. The Morgan fingerprint density at radius 3 is 2.71 bits per heavy atom. The maximum absolute atomic E-state index is 12.8. The maximum atomic E-state index is 12.8. The zero-order valence-corrected chi connectivity index (χ0v) is 14.3. The van der Waals surface area contributed by atoms with Gasteiger partial charge in [0.1, 0.15) is 5.75 Å². The van der Waals surface area contributed by atoms with Gasteiger partial charge in [-0.3, -0.25) is 4.79 Å². The highest BCUT2D eigenvalue weighted by Crippen LogP contribution is 2.35. The van der Waals surface area contributed by atoms with Gasteiger partial charge >= 0.3 is 0 Å². The standard InChI is InChI=1S/C20H24N2O2/c1-21-11-10-20(23)22-14-17-12-18(24-2)9-8-16(17)13-19(22)15-6-4-3-5-7-15/h3-9,12,19,21H,10-11,13-14H2,1-2H3. The van der Waals surface area contributed by atoms with Gasteiger partial charge in [0, 0.05) is 19.5 Å². The fraction of sp³-hybridized carbons (Fsp3) is 0.350. The average Bonchev–Trinajstić information content (AvgIpc) is 2.65. The van der Waals surface area contributed by atoms with Crippen LogP contribution in [0.25, 0.3) is 0 Å². The molecular formula is C20H24N2O2. The molecule has 1 aliphatic heterocycles. The van der Waals surface area contributed by atoms with Gasteiger partial charge < -0.3 is 15.0 Å². The van der Waals surface area contributed by atoms with Gasteiger partial charge in [0.15, 0.2) is 0 Å². The van der Waals surface area contributed by atoms with Gasteiger partial charge in [-0.25, -0.2) is 0 Å². The first-order chi connectivity index (χ1) is 11.7. The van der Waals surface area contributed by atoms with E-state index in [1.165, 1.54) is 16.7 Å². The minimum absolute atomic E-state index is 0.0939. The quantitative estimate of drug-likeness (QED) is 0.919. The fourth-order valence-corrected chi connectivity index (χ4v) is 3.30. The van der Waals surface area contributed by atoms with Crippen molar-refractivity contribution in [3.63, 3.8) is 0 Å². The number of carbonyl (C=O) groups excluding carboxylic acids is 1. The molecule has 0 radical (unpaired) electrons. The van der Waals surface area contributed by atoms with E-state index in [0.29, 0.717) is 19.5 Å². The number of carbonyl (C=O) groups is 1. The van der Waals surface area contributed by atoms with Crippen LogP contribution in [-0.2, 0) is 17.8 Å². The summed E-state index contributed by atoms with van der Waals surface area (Å²) in [7, 11) is 3.55. The fourth-order valence-electron chi connectivity index (χ4n) is 3.30. The normalized spacial score (nSPS) is 16.6. The lowest BCUT2D eigenvalue weighted by atomic mass is 9.89. The molecule has 0 aromatic heterocycles. The summed E-state index contributed by atoms with van der Waals surface area (Å²) in [5.74, 6) is 1.03. The molecule has 0 spiro atoms. The highest BCUT2D eigenvalue weighted by Gasteiger charge is 2.30. The van der Waals surface area contributed by atoms with Crippen molar-refractivity contribution in [1.29, 1.82) is 0 Å². The predicted octanol–water partition coefficient (Wildman–Crippen LogP) is 2.93. The van der Waals surface area contributed by atoms with Crippen LogP contribution < -0.4 is 10.1 Å². The predicted molar refractivity (Wildman–Crippen MR) is 95.0 cm³/mol. The topological polar surface area (TPSA) is 41.6 Å². The Morgan fingerprint density at radius 2 is 2.00 bits per heavy atom. The van der Waals surface area contributed by atoms with Crippen molar-refractivity contribution in [1.82, 2.24) is 10.2 Å². The van der Waals surface area contributed by atoms with E-state index in [1.807, 2.05) is 36.2 Å². The summed E-state index contributed by atoms with van der Waals surface area (Å²) in [6.07, 6.45) is 1.35. The Hall–Kier alpha value is -2.33. The van der Waals surface area contributed by atoms with Gasteiger partial charge in [-0.2, -0.15) is 0 Å². The number of ether oxygens (including phenoxy) is 1. The maximum Gasteiger partial charge on any atom is 0.224 e. The Bertz CT molecular complexity index is 700. The Kier molecular flexibility index (Phi) is 5.16. The van der Waals surface area contributed by atoms with Gasteiger partial charge in [-0.05, 0) is 42.3 Å². The van der Waals surface area contributed by atoms with Crippen molar-refractivity contribution >= 4 is 5.91 Å². The lowest BCUT2D eigenvalue weighted by molar-refractivity contribution is -0.134. The number of nitrogens with one attached hydrogen (secondary N) is 1. The Morgan fingerprint density at radius 1 is 1.21 bits per heavy atom. The first kappa shape index (κ1) is 16.5. The van der Waals surface area contributed by atoms with E-state index in [9.17, 15) is 4.79 Å². The second-order valence-electron chi connectivity index (χ2n) is 6.14. The highest BCUT2D eigenvalue weighted by molar-refractivity contribution is 5.77. The second kappa shape index (κ2) is 7.49. The summed E-state index contributed by atoms with van der Waals surface area (Å²) in [6.45, 7) is 1.33. The molecule has 126 valence electrons. The van der Waals surface area contributed by atoms with Crippen molar-refractivity contribution in [2.45, 2.75) is 25.4 Å². The van der Waals surface area contributed by atoms with Crippen molar-refractivity contribution in [2.75, 3.05) is 20.7 Å². The van der Waals surface area contributed by atoms with Crippen LogP contribution in [0, 0.1) is 0 Å². The van der Waals surface area contributed by atoms with Crippen molar-refractivity contribution in [2.24, 2.45) is 0 Å². The molecule has 1 atom stereocenters. The zero-order valence-electron chi connectivity index (χ0n) is 14.3. The summed E-state index contributed by atoms with van der Waals surface area (Å²) in [4.78, 5) is 14.8. The largest absolute Gasteiger partial charge is 0.497 e. The molecule has 0 bridgehead atoms. The molecular weight excluding hydrogens is 300 g/mol. The number of hydrogen-bond acceptors (Lipinski definition) is 3. The van der Waals surface area contributed by atoms with E-state index in [2.05, 4.69) is 29.6 Å². The molecule has 2 aromatic carbocycles. The van der Waals surface area contributed by atoms with Gasteiger partial charge in [0.25, 0.3) is 0 Å². The van der Waals surface area contributed by atoms with Crippen LogP contribution in [0.15, 0.2) is 48.5 Å². The first-order valence-electron chi connectivity index (χ1n) is 8.37. The minimum Gasteiger partial charge on any atom is -0.497 e. The molecule has 0 aliphatic carbocycles. The van der Waals surface area contributed by atoms with E-state index in [1.54, 1.807) is 7.11 Å². The molecule has 1 amide bonds. The number of hydrogen-bond donors (Lipinski definition) is 1. The Labute approximate surface area is 143 Å². The summed E-state index contributed by atoms with van der Waals surface area (Å²) in [5, 5.41) is 3.06. The molecule has 1 heterocycles. The molecule has 1 N–H and O–H groups in total. The lowest BCUT2D eigenvalue weighted by Crippen LogP contribution is -2.39. The molecule has 3 rings (SSSR count). The number of fused-ring (bicyclic) bond motifs is 1. The van der Waals surface area contributed by atoms with Gasteiger partial charge in [-0.15, -0.1) is 0 Å². The van der Waals surface area contributed by atoms with E-state index in [-0.39, 0.29) is 11.9 Å². The first-order valence-corrected chi connectivity index (χ1v) is 8.37. The van der Waals surface area contributed by atoms with E-state index in [4.69, 9.17) is 4.74 Å². The zero-order chi connectivity index (χ0) is 16.9. The third-order valence-corrected chi connectivity index (χ3v) is 4.64. The number of amides is 1. The number of nitrogens with zero attached hydrogens (tertiary/aromatic N) is 1. The van der Waals surface area contributed by atoms with Gasteiger partial charge in [-0.1, -0.05) is 36.4 Å². The molecule has 0 saturated heterocycles. The van der Waals surface area contributed by atoms with Gasteiger partial charge in [0.2, 0.25) is 5.91 Å². The van der Waals surface area contributed by atoms with Crippen LogP contribution in [0.3, 0.4) is 0 Å². The van der Waals surface area contributed by atoms with Gasteiger partial charge in [0.05, 0.1) is 13.2 Å². The SMILES string of the molecule is CNCCC(=O)N1Cc2cc(OC)ccc2CC1c1ccccc1. The van der Waals surface area contributed by atoms with Crippen LogP contribution in [0.5, 0.6) is 5.75 Å².